The van der Waals surface area contributed by atoms with E-state index in [2.05, 4.69) is 5.32 Å². The highest BCUT2D eigenvalue weighted by atomic mass is 19.4. The Morgan fingerprint density at radius 3 is 2.23 bits per heavy atom. The maximum absolute atomic E-state index is 12.6. The van der Waals surface area contributed by atoms with Crippen LogP contribution >= 0.6 is 0 Å². The first-order chi connectivity index (χ1) is 10.3. The van der Waals surface area contributed by atoms with Crippen molar-refractivity contribution in [2.45, 2.75) is 13.1 Å². The monoisotopic (exact) mass is 307 g/mol. The number of alkyl halides is 3. The van der Waals surface area contributed by atoms with Gasteiger partial charge in [0.1, 0.15) is 0 Å². The highest BCUT2D eigenvalue weighted by molar-refractivity contribution is 6.06. The van der Waals surface area contributed by atoms with Gasteiger partial charge in [-0.1, -0.05) is 18.2 Å². The molecule has 2 aromatic carbocycles. The van der Waals surface area contributed by atoms with Gasteiger partial charge in [-0.2, -0.15) is 13.2 Å². The Hall–Kier alpha value is -2.63. The van der Waals surface area contributed by atoms with Crippen LogP contribution in [0.3, 0.4) is 0 Å². The Morgan fingerprint density at radius 2 is 1.59 bits per heavy atom. The molecule has 2 aromatic rings. The maximum Gasteiger partial charge on any atom is 0.416 e. The normalized spacial score (nSPS) is 11.1. The molecule has 0 radical (unpaired) electrons. The molecule has 3 nitrogen and oxygen atoms in total. The number of hydrogen-bond acceptors (Lipinski definition) is 2. The summed E-state index contributed by atoms with van der Waals surface area (Å²) in [6.45, 7) is 1.36. The molecule has 0 aromatic heterocycles. The average Bonchev–Trinajstić information content (AvgIpc) is 2.46. The summed E-state index contributed by atoms with van der Waals surface area (Å²) >= 11 is 0. The van der Waals surface area contributed by atoms with E-state index in [1.165, 1.54) is 37.3 Å². The molecule has 0 bridgehead atoms. The second kappa shape index (κ2) is 6.01. The van der Waals surface area contributed by atoms with Crippen LogP contribution in [0.25, 0.3) is 0 Å². The molecule has 22 heavy (non-hydrogen) atoms. The van der Waals surface area contributed by atoms with Gasteiger partial charge in [-0.25, -0.2) is 0 Å². The van der Waals surface area contributed by atoms with Crippen molar-refractivity contribution in [3.8, 4) is 0 Å². The molecular formula is C16H12F3NO2. The molecule has 0 saturated carbocycles. The van der Waals surface area contributed by atoms with Crippen LogP contribution < -0.4 is 5.32 Å². The molecule has 1 N–H and O–H groups in total. The summed E-state index contributed by atoms with van der Waals surface area (Å²) in [5, 5.41) is 2.39. The zero-order chi connectivity index (χ0) is 16.3. The van der Waals surface area contributed by atoms with E-state index < -0.39 is 17.6 Å². The third kappa shape index (κ3) is 3.72. The second-order valence-corrected chi connectivity index (χ2v) is 4.67. The standard InChI is InChI=1S/C16H12F3NO2/c1-10(21)11-4-2-5-12(8-11)15(22)20-14-7-3-6-13(9-14)16(17,18)19/h2-9H,1H3,(H,20,22). The lowest BCUT2D eigenvalue weighted by atomic mass is 10.1. The van der Waals surface area contributed by atoms with E-state index in [1.54, 1.807) is 6.07 Å². The molecule has 0 atom stereocenters. The molecular weight excluding hydrogens is 295 g/mol. The number of Topliss-reactive ketones (excluding diaryl/α,β-unsaturated/α-hetero) is 1. The number of nitrogens with one attached hydrogen (secondary N) is 1. The van der Waals surface area contributed by atoms with Gasteiger partial charge in [-0.15, -0.1) is 0 Å². The SMILES string of the molecule is CC(=O)c1cccc(C(=O)Nc2cccc(C(F)(F)F)c2)c1. The molecule has 114 valence electrons. The number of benzene rings is 2. The molecule has 0 heterocycles. The van der Waals surface area contributed by atoms with E-state index in [1.807, 2.05) is 0 Å². The van der Waals surface area contributed by atoms with Crippen LogP contribution in [-0.4, -0.2) is 11.7 Å². The fourth-order valence-electron chi connectivity index (χ4n) is 1.86. The molecule has 6 heteroatoms. The van der Waals surface area contributed by atoms with Crippen LogP contribution in [0.15, 0.2) is 48.5 Å². The van der Waals surface area contributed by atoms with E-state index in [-0.39, 0.29) is 17.0 Å². The minimum Gasteiger partial charge on any atom is -0.322 e. The minimum absolute atomic E-state index is 0.0352. The molecule has 0 aliphatic rings. The highest BCUT2D eigenvalue weighted by Crippen LogP contribution is 2.30. The van der Waals surface area contributed by atoms with Crippen molar-refractivity contribution in [1.29, 1.82) is 0 Å². The van der Waals surface area contributed by atoms with E-state index >= 15 is 0 Å². The van der Waals surface area contributed by atoms with Crippen molar-refractivity contribution in [1.82, 2.24) is 0 Å². The van der Waals surface area contributed by atoms with Gasteiger partial charge in [0.05, 0.1) is 5.56 Å². The summed E-state index contributed by atoms with van der Waals surface area (Å²) in [4.78, 5) is 23.3. The Morgan fingerprint density at radius 1 is 0.955 bits per heavy atom. The van der Waals surface area contributed by atoms with Crippen LogP contribution in [-0.2, 0) is 6.18 Å². The van der Waals surface area contributed by atoms with Crippen molar-refractivity contribution < 1.29 is 22.8 Å². The Balaban J connectivity index is 2.22. The number of carbonyl (C=O) groups excluding carboxylic acids is 2. The van der Waals surface area contributed by atoms with E-state index in [0.717, 1.165) is 12.1 Å². The zero-order valence-corrected chi connectivity index (χ0v) is 11.6. The van der Waals surface area contributed by atoms with Gasteiger partial charge >= 0.3 is 6.18 Å². The van der Waals surface area contributed by atoms with Crippen molar-refractivity contribution in [2.24, 2.45) is 0 Å². The molecule has 1 amide bonds. The maximum atomic E-state index is 12.6. The first kappa shape index (κ1) is 15.8. The van der Waals surface area contributed by atoms with Gasteiger partial charge in [0.2, 0.25) is 0 Å². The van der Waals surface area contributed by atoms with Crippen LogP contribution in [0, 0.1) is 0 Å². The molecule has 0 fully saturated rings. The largest absolute Gasteiger partial charge is 0.416 e. The topological polar surface area (TPSA) is 46.2 Å². The molecule has 0 saturated heterocycles. The third-order valence-electron chi connectivity index (χ3n) is 2.98. The lowest BCUT2D eigenvalue weighted by Crippen LogP contribution is -2.13. The second-order valence-electron chi connectivity index (χ2n) is 4.67. The smallest absolute Gasteiger partial charge is 0.322 e. The number of rotatable bonds is 3. The summed E-state index contributed by atoms with van der Waals surface area (Å²) in [7, 11) is 0. The van der Waals surface area contributed by atoms with Gasteiger partial charge in [0.15, 0.2) is 5.78 Å². The molecule has 0 aliphatic heterocycles. The molecule has 0 aliphatic carbocycles. The van der Waals surface area contributed by atoms with Crippen LogP contribution in [0.2, 0.25) is 0 Å². The average molecular weight is 307 g/mol. The van der Waals surface area contributed by atoms with Crippen molar-refractivity contribution >= 4 is 17.4 Å². The van der Waals surface area contributed by atoms with Gasteiger partial charge in [0, 0.05) is 16.8 Å². The van der Waals surface area contributed by atoms with E-state index in [9.17, 15) is 22.8 Å². The van der Waals surface area contributed by atoms with Crippen LogP contribution in [0.1, 0.15) is 33.2 Å². The number of hydrogen-bond donors (Lipinski definition) is 1. The predicted molar refractivity (Wildman–Crippen MR) is 75.8 cm³/mol. The lowest BCUT2D eigenvalue weighted by Gasteiger charge is -2.10. The number of carbonyl (C=O) groups is 2. The Kier molecular flexibility index (Phi) is 4.30. The molecule has 2 rings (SSSR count). The van der Waals surface area contributed by atoms with Crippen LogP contribution in [0.4, 0.5) is 18.9 Å². The molecule has 0 unspecified atom stereocenters. The highest BCUT2D eigenvalue weighted by Gasteiger charge is 2.30. The van der Waals surface area contributed by atoms with Gasteiger partial charge in [-0.3, -0.25) is 9.59 Å². The van der Waals surface area contributed by atoms with Gasteiger partial charge in [0.25, 0.3) is 5.91 Å². The summed E-state index contributed by atoms with van der Waals surface area (Å²) in [5.74, 6) is -0.781. The Bertz CT molecular complexity index is 723. The minimum atomic E-state index is -4.48. The number of anilines is 1. The molecule has 0 spiro atoms. The van der Waals surface area contributed by atoms with Gasteiger partial charge in [-0.05, 0) is 37.3 Å². The van der Waals surface area contributed by atoms with Crippen molar-refractivity contribution in [2.75, 3.05) is 5.32 Å². The summed E-state index contributed by atoms with van der Waals surface area (Å²) in [6, 6.07) is 10.3. The van der Waals surface area contributed by atoms with E-state index in [4.69, 9.17) is 0 Å². The van der Waals surface area contributed by atoms with E-state index in [0.29, 0.717) is 5.56 Å². The number of amides is 1. The summed E-state index contributed by atoms with van der Waals surface area (Å²) < 4.78 is 37.9. The van der Waals surface area contributed by atoms with Crippen molar-refractivity contribution in [3.05, 3.63) is 65.2 Å². The number of ketones is 1. The first-order valence-corrected chi connectivity index (χ1v) is 6.37. The zero-order valence-electron chi connectivity index (χ0n) is 11.6. The lowest BCUT2D eigenvalue weighted by molar-refractivity contribution is -0.137. The third-order valence-corrected chi connectivity index (χ3v) is 2.98. The summed E-state index contributed by atoms with van der Waals surface area (Å²) in [6.07, 6.45) is -4.48. The first-order valence-electron chi connectivity index (χ1n) is 6.37. The van der Waals surface area contributed by atoms with Crippen LogP contribution in [0.5, 0.6) is 0 Å². The summed E-state index contributed by atoms with van der Waals surface area (Å²) in [5.41, 5.74) is -0.252. The fraction of sp³-hybridized carbons (Fsp3) is 0.125. The quantitative estimate of drug-likeness (QED) is 0.865. The van der Waals surface area contributed by atoms with Gasteiger partial charge < -0.3 is 5.32 Å². The Labute approximate surface area is 124 Å². The number of halogens is 3. The predicted octanol–water partition coefficient (Wildman–Crippen LogP) is 4.16. The fourth-order valence-corrected chi connectivity index (χ4v) is 1.86. The van der Waals surface area contributed by atoms with Crippen molar-refractivity contribution in [3.63, 3.8) is 0 Å².